The summed E-state index contributed by atoms with van der Waals surface area (Å²) < 4.78 is 6.83. The van der Waals surface area contributed by atoms with Crippen LogP contribution in [0.25, 0.3) is 11.1 Å². The van der Waals surface area contributed by atoms with Crippen molar-refractivity contribution < 1.29 is 24.2 Å². The number of benzene rings is 2. The standard InChI is InChI=1S/C26H26N4O5/c1-30-21(23(31)32)14-22(29-30)27-24(33)26(12-6-7-13-26)28-25(34)35-15-20-18-10-4-2-8-16(18)17-9-3-5-11-19(17)20/h2-5,8-11,14,20H,6-7,12-13,15H2,1H3,(H,28,34)(H,31,32)(H,27,29,33). The molecule has 5 rings (SSSR count). The topological polar surface area (TPSA) is 123 Å². The molecule has 0 atom stereocenters. The number of carboxylic acid groups (broad SMARTS) is 1. The average molecular weight is 475 g/mol. The maximum atomic E-state index is 13.2. The molecule has 0 unspecified atom stereocenters. The molecule has 3 aromatic rings. The molecule has 2 aromatic carbocycles. The highest BCUT2D eigenvalue weighted by molar-refractivity contribution is 6.00. The molecule has 0 saturated heterocycles. The van der Waals surface area contributed by atoms with Crippen molar-refractivity contribution in [3.63, 3.8) is 0 Å². The molecule has 0 bridgehead atoms. The number of carbonyl (C=O) groups is 3. The van der Waals surface area contributed by atoms with E-state index in [-0.39, 0.29) is 24.0 Å². The summed E-state index contributed by atoms with van der Waals surface area (Å²) in [5, 5.41) is 18.7. The normalized spacial score (nSPS) is 15.8. The molecule has 0 radical (unpaired) electrons. The van der Waals surface area contributed by atoms with Gasteiger partial charge in [0.15, 0.2) is 5.82 Å². The number of fused-ring (bicyclic) bond motifs is 3. The molecule has 2 amide bonds. The second-order valence-electron chi connectivity index (χ2n) is 9.04. The van der Waals surface area contributed by atoms with Crippen LogP contribution in [-0.2, 0) is 16.6 Å². The molecular weight excluding hydrogens is 448 g/mol. The number of carbonyl (C=O) groups excluding carboxylic acids is 2. The van der Waals surface area contributed by atoms with Crippen molar-refractivity contribution in [2.24, 2.45) is 7.05 Å². The van der Waals surface area contributed by atoms with Gasteiger partial charge in [-0.05, 0) is 35.1 Å². The third-order valence-electron chi connectivity index (χ3n) is 6.92. The van der Waals surface area contributed by atoms with Crippen molar-refractivity contribution in [1.82, 2.24) is 15.1 Å². The maximum Gasteiger partial charge on any atom is 0.408 e. The van der Waals surface area contributed by atoms with Crippen LogP contribution in [0.4, 0.5) is 10.6 Å². The van der Waals surface area contributed by atoms with Crippen molar-refractivity contribution in [3.8, 4) is 11.1 Å². The van der Waals surface area contributed by atoms with Crippen LogP contribution in [0.5, 0.6) is 0 Å². The number of nitrogens with zero attached hydrogens (tertiary/aromatic N) is 2. The Bertz CT molecular complexity index is 1260. The van der Waals surface area contributed by atoms with Gasteiger partial charge in [0.2, 0.25) is 0 Å². The number of rotatable bonds is 6. The molecule has 0 spiro atoms. The summed E-state index contributed by atoms with van der Waals surface area (Å²) >= 11 is 0. The Morgan fingerprint density at radius 1 is 1.06 bits per heavy atom. The van der Waals surface area contributed by atoms with E-state index in [0.29, 0.717) is 12.8 Å². The number of aryl methyl sites for hydroxylation is 1. The molecule has 1 saturated carbocycles. The first-order valence-corrected chi connectivity index (χ1v) is 11.6. The number of hydrogen-bond acceptors (Lipinski definition) is 5. The number of anilines is 1. The quantitative estimate of drug-likeness (QED) is 0.498. The lowest BCUT2D eigenvalue weighted by atomic mass is 9.96. The molecule has 1 fully saturated rings. The fourth-order valence-corrected chi connectivity index (χ4v) is 5.18. The zero-order valence-electron chi connectivity index (χ0n) is 19.3. The summed E-state index contributed by atoms with van der Waals surface area (Å²) in [6.07, 6.45) is 1.82. The Kier molecular flexibility index (Phi) is 5.76. The molecule has 180 valence electrons. The number of carboxylic acids is 1. The molecule has 2 aliphatic carbocycles. The van der Waals surface area contributed by atoms with Gasteiger partial charge in [0.1, 0.15) is 17.8 Å². The van der Waals surface area contributed by atoms with Crippen molar-refractivity contribution in [3.05, 3.63) is 71.4 Å². The van der Waals surface area contributed by atoms with Gasteiger partial charge in [-0.1, -0.05) is 61.4 Å². The zero-order chi connectivity index (χ0) is 24.6. The van der Waals surface area contributed by atoms with E-state index in [1.165, 1.54) is 17.8 Å². The van der Waals surface area contributed by atoms with E-state index >= 15 is 0 Å². The molecule has 9 heteroatoms. The van der Waals surface area contributed by atoms with Crippen LogP contribution in [0.15, 0.2) is 54.6 Å². The lowest BCUT2D eigenvalue weighted by Crippen LogP contribution is -2.55. The highest BCUT2D eigenvalue weighted by atomic mass is 16.5. The summed E-state index contributed by atoms with van der Waals surface area (Å²) in [5.41, 5.74) is 3.31. The van der Waals surface area contributed by atoms with Crippen LogP contribution >= 0.6 is 0 Å². The zero-order valence-corrected chi connectivity index (χ0v) is 19.3. The summed E-state index contributed by atoms with van der Waals surface area (Å²) in [7, 11) is 1.49. The third-order valence-corrected chi connectivity index (χ3v) is 6.92. The van der Waals surface area contributed by atoms with Crippen LogP contribution in [-0.4, -0.2) is 45.0 Å². The van der Waals surface area contributed by atoms with Gasteiger partial charge < -0.3 is 20.5 Å². The predicted molar refractivity (Wildman–Crippen MR) is 128 cm³/mol. The average Bonchev–Trinajstić information content (AvgIpc) is 3.54. The SMILES string of the molecule is Cn1nc(NC(=O)C2(NC(=O)OCC3c4ccccc4-c4ccccc43)CCCC2)cc1C(=O)O. The second-order valence-corrected chi connectivity index (χ2v) is 9.04. The van der Waals surface area contributed by atoms with E-state index in [9.17, 15) is 19.5 Å². The number of hydrogen-bond donors (Lipinski definition) is 3. The van der Waals surface area contributed by atoms with Gasteiger partial charge in [0, 0.05) is 19.0 Å². The number of amides is 2. The van der Waals surface area contributed by atoms with Crippen LogP contribution < -0.4 is 10.6 Å². The number of ether oxygens (including phenoxy) is 1. The number of alkyl carbamates (subject to hydrolysis) is 1. The first-order valence-electron chi connectivity index (χ1n) is 11.6. The molecule has 2 aliphatic rings. The number of aromatic carboxylic acids is 1. The molecule has 9 nitrogen and oxygen atoms in total. The number of aromatic nitrogens is 2. The molecule has 1 aromatic heterocycles. The van der Waals surface area contributed by atoms with Gasteiger partial charge in [-0.3, -0.25) is 9.48 Å². The van der Waals surface area contributed by atoms with Gasteiger partial charge in [0.05, 0.1) is 0 Å². The van der Waals surface area contributed by atoms with E-state index < -0.39 is 23.5 Å². The van der Waals surface area contributed by atoms with Gasteiger partial charge in [-0.15, -0.1) is 0 Å². The maximum absolute atomic E-state index is 13.2. The van der Waals surface area contributed by atoms with Crippen molar-refractivity contribution in [1.29, 1.82) is 0 Å². The van der Waals surface area contributed by atoms with E-state index in [1.807, 2.05) is 36.4 Å². The Morgan fingerprint density at radius 3 is 2.23 bits per heavy atom. The van der Waals surface area contributed by atoms with E-state index in [4.69, 9.17) is 4.74 Å². The first-order chi connectivity index (χ1) is 16.9. The summed E-state index contributed by atoms with van der Waals surface area (Å²) in [4.78, 5) is 37.3. The summed E-state index contributed by atoms with van der Waals surface area (Å²) in [6.45, 7) is 0.153. The molecule has 35 heavy (non-hydrogen) atoms. The predicted octanol–water partition coefficient (Wildman–Crippen LogP) is 3.91. The van der Waals surface area contributed by atoms with Crippen LogP contribution in [0, 0.1) is 0 Å². The molecule has 3 N–H and O–H groups in total. The minimum Gasteiger partial charge on any atom is -0.477 e. The minimum absolute atomic E-state index is 0.0507. The van der Waals surface area contributed by atoms with Crippen LogP contribution in [0.2, 0.25) is 0 Å². The number of nitrogens with one attached hydrogen (secondary N) is 2. The fraction of sp³-hybridized carbons (Fsp3) is 0.308. The van der Waals surface area contributed by atoms with Gasteiger partial charge in [0.25, 0.3) is 5.91 Å². The van der Waals surface area contributed by atoms with E-state index in [0.717, 1.165) is 35.1 Å². The van der Waals surface area contributed by atoms with E-state index in [2.05, 4.69) is 27.9 Å². The monoisotopic (exact) mass is 474 g/mol. The first kappa shape index (κ1) is 22.6. The molecular formula is C26H26N4O5. The van der Waals surface area contributed by atoms with E-state index in [1.54, 1.807) is 0 Å². The second kappa shape index (κ2) is 8.90. The highest BCUT2D eigenvalue weighted by Crippen LogP contribution is 2.44. The highest BCUT2D eigenvalue weighted by Gasteiger charge is 2.43. The van der Waals surface area contributed by atoms with Crippen LogP contribution in [0.3, 0.4) is 0 Å². The van der Waals surface area contributed by atoms with Gasteiger partial charge in [-0.25, -0.2) is 9.59 Å². The lowest BCUT2D eigenvalue weighted by Gasteiger charge is -2.28. The van der Waals surface area contributed by atoms with Crippen LogP contribution in [0.1, 0.15) is 53.2 Å². The summed E-state index contributed by atoms with van der Waals surface area (Å²) in [6, 6.07) is 17.5. The van der Waals surface area contributed by atoms with Crippen molar-refractivity contribution in [2.75, 3.05) is 11.9 Å². The Hall–Kier alpha value is -4.14. The summed E-state index contributed by atoms with van der Waals surface area (Å²) in [5.74, 6) is -1.54. The fourth-order valence-electron chi connectivity index (χ4n) is 5.18. The Morgan fingerprint density at radius 2 is 1.66 bits per heavy atom. The minimum atomic E-state index is -1.15. The molecule has 0 aliphatic heterocycles. The van der Waals surface area contributed by atoms with Crippen molar-refractivity contribution in [2.45, 2.75) is 37.1 Å². The Balaban J connectivity index is 1.28. The largest absolute Gasteiger partial charge is 0.477 e. The molecule has 1 heterocycles. The van der Waals surface area contributed by atoms with Crippen molar-refractivity contribution >= 4 is 23.8 Å². The smallest absolute Gasteiger partial charge is 0.408 e. The Labute approximate surface area is 202 Å². The third kappa shape index (κ3) is 4.14. The van der Waals surface area contributed by atoms with Gasteiger partial charge >= 0.3 is 12.1 Å². The lowest BCUT2D eigenvalue weighted by molar-refractivity contribution is -0.122. The van der Waals surface area contributed by atoms with Gasteiger partial charge in [-0.2, -0.15) is 5.10 Å².